The van der Waals surface area contributed by atoms with Gasteiger partial charge in [-0.3, -0.25) is 14.5 Å². The lowest BCUT2D eigenvalue weighted by atomic mass is 9.84. The molecule has 3 aliphatic rings. The molecule has 4 nitrogen and oxygen atoms in total. The molecule has 110 valence electrons. The molecule has 4 rings (SSSR count). The van der Waals surface area contributed by atoms with Crippen molar-refractivity contribution in [2.75, 3.05) is 11.4 Å². The van der Waals surface area contributed by atoms with E-state index in [9.17, 15) is 9.59 Å². The molecule has 0 bridgehead atoms. The van der Waals surface area contributed by atoms with E-state index in [1.165, 1.54) is 16.0 Å². The van der Waals surface area contributed by atoms with Gasteiger partial charge < -0.3 is 5.32 Å². The number of anilines is 1. The van der Waals surface area contributed by atoms with Crippen molar-refractivity contribution >= 4 is 17.5 Å². The lowest BCUT2D eigenvalue weighted by molar-refractivity contribution is -0.125. The third-order valence-electron chi connectivity index (χ3n) is 5.29. The molecule has 0 aromatic heterocycles. The van der Waals surface area contributed by atoms with Gasteiger partial charge in [0.05, 0.1) is 11.1 Å². The maximum Gasteiger partial charge on any atom is 0.240 e. The van der Waals surface area contributed by atoms with Crippen molar-refractivity contribution in [1.82, 2.24) is 5.32 Å². The summed E-state index contributed by atoms with van der Waals surface area (Å²) < 4.78 is 0. The molecule has 2 heterocycles. The number of fused-ring (bicyclic) bond motifs is 1. The monoisotopic (exact) mass is 284 g/mol. The fourth-order valence-corrected chi connectivity index (χ4v) is 4.10. The molecule has 2 aliphatic heterocycles. The first-order valence-corrected chi connectivity index (χ1v) is 7.90. The van der Waals surface area contributed by atoms with Gasteiger partial charge in [0.2, 0.25) is 11.8 Å². The second kappa shape index (κ2) is 4.67. The highest BCUT2D eigenvalue weighted by Gasteiger charge is 2.53. The topological polar surface area (TPSA) is 49.4 Å². The molecular formula is C17H20N2O2. The van der Waals surface area contributed by atoms with Gasteiger partial charge in [-0.1, -0.05) is 18.9 Å². The molecule has 1 aromatic carbocycles. The van der Waals surface area contributed by atoms with Crippen LogP contribution in [0.3, 0.4) is 0 Å². The van der Waals surface area contributed by atoms with Crippen molar-refractivity contribution in [1.29, 1.82) is 0 Å². The van der Waals surface area contributed by atoms with Crippen LogP contribution < -0.4 is 10.2 Å². The van der Waals surface area contributed by atoms with E-state index in [4.69, 9.17) is 0 Å². The Bertz CT molecular complexity index is 617. The van der Waals surface area contributed by atoms with Crippen molar-refractivity contribution in [3.05, 3.63) is 29.3 Å². The number of imide groups is 1. The lowest BCUT2D eigenvalue weighted by Crippen LogP contribution is -2.34. The molecule has 2 amide bonds. The molecule has 1 aliphatic carbocycles. The SMILES string of the molecule is O=C1CC2(CCCC2)C(=O)N1c1ccc2c(c1)CNCC2. The summed E-state index contributed by atoms with van der Waals surface area (Å²) in [6, 6.07) is 6.03. The van der Waals surface area contributed by atoms with Crippen LogP contribution in [0.1, 0.15) is 43.2 Å². The summed E-state index contributed by atoms with van der Waals surface area (Å²) in [4.78, 5) is 26.6. The number of carbonyl (C=O) groups is 2. The number of benzene rings is 1. The minimum Gasteiger partial charge on any atom is -0.312 e. The number of nitrogens with one attached hydrogen (secondary N) is 1. The predicted octanol–water partition coefficient (Wildman–Crippen LogP) is 2.16. The first-order chi connectivity index (χ1) is 10.2. The highest BCUT2D eigenvalue weighted by Crippen LogP contribution is 2.48. The van der Waals surface area contributed by atoms with E-state index in [0.717, 1.165) is 50.9 Å². The summed E-state index contributed by atoms with van der Waals surface area (Å²) in [5.41, 5.74) is 2.92. The standard InChI is InChI=1S/C17H20N2O2/c20-15-10-17(6-1-2-7-17)16(21)19(15)14-4-3-12-5-8-18-11-13(12)9-14/h3-4,9,18H,1-2,5-8,10-11H2. The van der Waals surface area contributed by atoms with Crippen LogP contribution in [0.4, 0.5) is 5.69 Å². The average molecular weight is 284 g/mol. The maximum atomic E-state index is 12.8. The Kier molecular flexibility index (Phi) is 2.89. The Morgan fingerprint density at radius 1 is 1.10 bits per heavy atom. The van der Waals surface area contributed by atoms with Gasteiger partial charge in [-0.25, -0.2) is 0 Å². The zero-order valence-electron chi connectivity index (χ0n) is 12.2. The van der Waals surface area contributed by atoms with Crippen molar-refractivity contribution in [3.8, 4) is 0 Å². The van der Waals surface area contributed by atoms with Crippen LogP contribution >= 0.6 is 0 Å². The third-order valence-corrected chi connectivity index (χ3v) is 5.29. The minimum absolute atomic E-state index is 0.0226. The molecule has 0 unspecified atom stereocenters. The second-order valence-electron chi connectivity index (χ2n) is 6.58. The molecule has 0 atom stereocenters. The highest BCUT2D eigenvalue weighted by atomic mass is 16.2. The van der Waals surface area contributed by atoms with Gasteiger partial charge in [0.15, 0.2) is 0 Å². The summed E-state index contributed by atoms with van der Waals surface area (Å²) in [5, 5.41) is 3.34. The summed E-state index contributed by atoms with van der Waals surface area (Å²) in [7, 11) is 0. The van der Waals surface area contributed by atoms with E-state index in [0.29, 0.717) is 6.42 Å². The van der Waals surface area contributed by atoms with Gasteiger partial charge in [-0.05, 0) is 49.1 Å². The fourth-order valence-electron chi connectivity index (χ4n) is 4.10. The molecule has 1 spiro atoms. The van der Waals surface area contributed by atoms with Crippen LogP contribution in [0.15, 0.2) is 18.2 Å². The molecule has 1 aromatic rings. The molecule has 1 saturated heterocycles. The Balaban J connectivity index is 1.70. The van der Waals surface area contributed by atoms with Gasteiger partial charge >= 0.3 is 0 Å². The summed E-state index contributed by atoms with van der Waals surface area (Å²) >= 11 is 0. The summed E-state index contributed by atoms with van der Waals surface area (Å²) in [6.45, 7) is 1.82. The van der Waals surface area contributed by atoms with E-state index < -0.39 is 0 Å². The van der Waals surface area contributed by atoms with E-state index in [1.807, 2.05) is 12.1 Å². The van der Waals surface area contributed by atoms with Crippen LogP contribution in [0.25, 0.3) is 0 Å². The van der Waals surface area contributed by atoms with Crippen LogP contribution in [-0.2, 0) is 22.6 Å². The number of hydrogen-bond donors (Lipinski definition) is 1. The minimum atomic E-state index is -0.384. The van der Waals surface area contributed by atoms with Crippen LogP contribution in [-0.4, -0.2) is 18.4 Å². The number of hydrogen-bond acceptors (Lipinski definition) is 3. The predicted molar refractivity (Wildman–Crippen MR) is 79.9 cm³/mol. The van der Waals surface area contributed by atoms with Crippen LogP contribution in [0, 0.1) is 5.41 Å². The average Bonchev–Trinajstić information content (AvgIpc) is 3.05. The quantitative estimate of drug-likeness (QED) is 0.804. The highest BCUT2D eigenvalue weighted by molar-refractivity contribution is 6.22. The van der Waals surface area contributed by atoms with Gasteiger partial charge in [-0.2, -0.15) is 0 Å². The Labute approximate surface area is 124 Å². The molecule has 2 fully saturated rings. The summed E-state index contributed by atoms with van der Waals surface area (Å²) in [5.74, 6) is 0.0133. The zero-order chi connectivity index (χ0) is 14.4. The first kappa shape index (κ1) is 13.0. The van der Waals surface area contributed by atoms with Crippen molar-refractivity contribution in [3.63, 3.8) is 0 Å². The smallest absolute Gasteiger partial charge is 0.240 e. The molecule has 0 radical (unpaired) electrons. The molecule has 4 heteroatoms. The number of carbonyl (C=O) groups excluding carboxylic acids is 2. The van der Waals surface area contributed by atoms with E-state index in [-0.39, 0.29) is 17.2 Å². The molecular weight excluding hydrogens is 264 g/mol. The van der Waals surface area contributed by atoms with Crippen molar-refractivity contribution < 1.29 is 9.59 Å². The van der Waals surface area contributed by atoms with E-state index >= 15 is 0 Å². The maximum absolute atomic E-state index is 12.8. The van der Waals surface area contributed by atoms with Gasteiger partial charge in [-0.15, -0.1) is 0 Å². The molecule has 21 heavy (non-hydrogen) atoms. The van der Waals surface area contributed by atoms with Crippen molar-refractivity contribution in [2.24, 2.45) is 5.41 Å². The Morgan fingerprint density at radius 2 is 1.90 bits per heavy atom. The first-order valence-electron chi connectivity index (χ1n) is 7.90. The van der Waals surface area contributed by atoms with E-state index in [2.05, 4.69) is 11.4 Å². The van der Waals surface area contributed by atoms with Gasteiger partial charge in [0, 0.05) is 13.0 Å². The van der Waals surface area contributed by atoms with Gasteiger partial charge in [0.1, 0.15) is 0 Å². The number of nitrogens with zero attached hydrogens (tertiary/aromatic N) is 1. The van der Waals surface area contributed by atoms with Crippen molar-refractivity contribution in [2.45, 2.75) is 45.1 Å². The van der Waals surface area contributed by atoms with Gasteiger partial charge in [0.25, 0.3) is 0 Å². The van der Waals surface area contributed by atoms with Crippen LogP contribution in [0.5, 0.6) is 0 Å². The molecule has 1 saturated carbocycles. The third kappa shape index (κ3) is 1.93. The normalized spacial score (nSPS) is 23.9. The number of amides is 2. The summed E-state index contributed by atoms with van der Waals surface area (Å²) in [6.07, 6.45) is 5.31. The Hall–Kier alpha value is -1.68. The largest absolute Gasteiger partial charge is 0.312 e. The van der Waals surface area contributed by atoms with Crippen LogP contribution in [0.2, 0.25) is 0 Å². The number of rotatable bonds is 1. The zero-order valence-corrected chi connectivity index (χ0v) is 12.2. The second-order valence-corrected chi connectivity index (χ2v) is 6.58. The van der Waals surface area contributed by atoms with E-state index in [1.54, 1.807) is 0 Å². The molecule has 1 N–H and O–H groups in total. The Morgan fingerprint density at radius 3 is 2.71 bits per heavy atom. The lowest BCUT2D eigenvalue weighted by Gasteiger charge is -2.23. The fraction of sp³-hybridized carbons (Fsp3) is 0.529.